The highest BCUT2D eigenvalue weighted by atomic mass is 19.4. The summed E-state index contributed by atoms with van der Waals surface area (Å²) in [6, 6.07) is 1.16. The Morgan fingerprint density at radius 3 is 2.57 bits per heavy atom. The summed E-state index contributed by atoms with van der Waals surface area (Å²) in [6.45, 7) is 3.97. The van der Waals surface area contributed by atoms with Gasteiger partial charge < -0.3 is 4.74 Å². The zero-order valence-electron chi connectivity index (χ0n) is 12.3. The van der Waals surface area contributed by atoms with Crippen molar-refractivity contribution in [1.82, 2.24) is 4.98 Å². The van der Waals surface area contributed by atoms with Gasteiger partial charge in [0.1, 0.15) is 0 Å². The molecule has 0 fully saturated rings. The number of rotatable bonds is 7. The van der Waals surface area contributed by atoms with Crippen LogP contribution in [0.25, 0.3) is 0 Å². The number of ether oxygens (including phenoxy) is 1. The van der Waals surface area contributed by atoms with Crippen LogP contribution in [0.1, 0.15) is 49.9 Å². The quantitative estimate of drug-likeness (QED) is 0.716. The van der Waals surface area contributed by atoms with Gasteiger partial charge in [0.15, 0.2) is 0 Å². The van der Waals surface area contributed by atoms with Crippen molar-refractivity contribution < 1.29 is 22.7 Å². The Morgan fingerprint density at radius 2 is 2.00 bits per heavy atom. The highest BCUT2D eigenvalue weighted by molar-refractivity contribution is 5.69. The topological polar surface area (TPSA) is 39.2 Å². The van der Waals surface area contributed by atoms with Gasteiger partial charge in [0, 0.05) is 18.3 Å². The third-order valence-electron chi connectivity index (χ3n) is 3.01. The SMILES string of the molecule is CCCc1cc(C(F)(F)F)cnc1CCCC(=O)OCC. The van der Waals surface area contributed by atoms with Gasteiger partial charge in [0.05, 0.1) is 12.2 Å². The summed E-state index contributed by atoms with van der Waals surface area (Å²) in [5.41, 5.74) is 0.519. The molecule has 118 valence electrons. The van der Waals surface area contributed by atoms with E-state index in [1.807, 2.05) is 6.92 Å². The maximum Gasteiger partial charge on any atom is 0.417 e. The maximum atomic E-state index is 12.7. The molecule has 0 spiro atoms. The highest BCUT2D eigenvalue weighted by Gasteiger charge is 2.31. The smallest absolute Gasteiger partial charge is 0.417 e. The fourth-order valence-electron chi connectivity index (χ4n) is 2.04. The summed E-state index contributed by atoms with van der Waals surface area (Å²) in [5.74, 6) is -0.290. The number of nitrogens with zero attached hydrogens (tertiary/aromatic N) is 1. The van der Waals surface area contributed by atoms with Crippen molar-refractivity contribution in [2.75, 3.05) is 6.61 Å². The second kappa shape index (κ2) is 8.00. The molecule has 0 aliphatic rings. The minimum absolute atomic E-state index is 0.252. The lowest BCUT2D eigenvalue weighted by Crippen LogP contribution is -2.10. The Kier molecular flexibility index (Phi) is 6.65. The predicted octanol–water partition coefficient (Wildman–Crippen LogP) is 3.94. The first-order chi connectivity index (χ1) is 9.88. The van der Waals surface area contributed by atoms with Gasteiger partial charge in [0.2, 0.25) is 0 Å². The summed E-state index contributed by atoms with van der Waals surface area (Å²) >= 11 is 0. The van der Waals surface area contributed by atoms with Crippen LogP contribution in [-0.2, 0) is 28.5 Å². The van der Waals surface area contributed by atoms with Gasteiger partial charge in [-0.25, -0.2) is 0 Å². The van der Waals surface area contributed by atoms with Gasteiger partial charge in [-0.05, 0) is 37.8 Å². The van der Waals surface area contributed by atoms with E-state index >= 15 is 0 Å². The van der Waals surface area contributed by atoms with E-state index in [1.165, 1.54) is 0 Å². The molecule has 6 heteroatoms. The average molecular weight is 303 g/mol. The second-order valence-corrected chi connectivity index (χ2v) is 4.74. The number of carbonyl (C=O) groups is 1. The van der Waals surface area contributed by atoms with Crippen LogP contribution in [-0.4, -0.2) is 17.6 Å². The maximum absolute atomic E-state index is 12.7. The number of halogens is 3. The van der Waals surface area contributed by atoms with Crippen LogP contribution in [0.2, 0.25) is 0 Å². The third-order valence-corrected chi connectivity index (χ3v) is 3.01. The van der Waals surface area contributed by atoms with E-state index in [0.29, 0.717) is 37.1 Å². The first kappa shape index (κ1) is 17.5. The molecule has 3 nitrogen and oxygen atoms in total. The lowest BCUT2D eigenvalue weighted by molar-refractivity contribution is -0.143. The number of pyridine rings is 1. The zero-order valence-corrected chi connectivity index (χ0v) is 12.3. The Bertz CT molecular complexity index is 472. The number of alkyl halides is 3. The van der Waals surface area contributed by atoms with Crippen molar-refractivity contribution in [3.8, 4) is 0 Å². The van der Waals surface area contributed by atoms with Gasteiger partial charge in [0.25, 0.3) is 0 Å². The van der Waals surface area contributed by atoms with Crippen LogP contribution in [0, 0.1) is 0 Å². The summed E-state index contributed by atoms with van der Waals surface area (Å²) in [6.07, 6.45) is -0.973. The molecule has 1 aromatic heterocycles. The van der Waals surface area contributed by atoms with Crippen LogP contribution in [0.5, 0.6) is 0 Å². The number of hydrogen-bond donors (Lipinski definition) is 0. The van der Waals surface area contributed by atoms with E-state index in [-0.39, 0.29) is 12.4 Å². The molecule has 0 aromatic carbocycles. The minimum atomic E-state index is -4.38. The van der Waals surface area contributed by atoms with Crippen LogP contribution < -0.4 is 0 Å². The molecule has 0 aliphatic heterocycles. The van der Waals surface area contributed by atoms with E-state index in [1.54, 1.807) is 6.92 Å². The normalized spacial score (nSPS) is 11.5. The van der Waals surface area contributed by atoms with E-state index < -0.39 is 11.7 Å². The van der Waals surface area contributed by atoms with Gasteiger partial charge >= 0.3 is 12.1 Å². The number of carbonyl (C=O) groups excluding carboxylic acids is 1. The Hall–Kier alpha value is -1.59. The van der Waals surface area contributed by atoms with Crippen molar-refractivity contribution in [3.05, 3.63) is 29.1 Å². The van der Waals surface area contributed by atoms with Crippen LogP contribution >= 0.6 is 0 Å². The number of aromatic nitrogens is 1. The van der Waals surface area contributed by atoms with Crippen molar-refractivity contribution >= 4 is 5.97 Å². The number of hydrogen-bond acceptors (Lipinski definition) is 3. The van der Waals surface area contributed by atoms with E-state index in [2.05, 4.69) is 4.98 Å². The molecule has 0 saturated carbocycles. The fraction of sp³-hybridized carbons (Fsp3) is 0.600. The molecule has 0 unspecified atom stereocenters. The van der Waals surface area contributed by atoms with E-state index in [0.717, 1.165) is 18.7 Å². The molecule has 0 amide bonds. The molecule has 0 atom stereocenters. The molecule has 0 aliphatic carbocycles. The Balaban J connectivity index is 2.75. The molecule has 0 bridgehead atoms. The molecule has 1 aromatic rings. The van der Waals surface area contributed by atoms with Crippen molar-refractivity contribution in [1.29, 1.82) is 0 Å². The average Bonchev–Trinajstić information content (AvgIpc) is 2.39. The van der Waals surface area contributed by atoms with Crippen molar-refractivity contribution in [2.45, 2.75) is 52.1 Å². The lowest BCUT2D eigenvalue weighted by Gasteiger charge is -2.12. The second-order valence-electron chi connectivity index (χ2n) is 4.74. The predicted molar refractivity (Wildman–Crippen MR) is 72.8 cm³/mol. The monoisotopic (exact) mass is 303 g/mol. The molecule has 21 heavy (non-hydrogen) atoms. The summed E-state index contributed by atoms with van der Waals surface area (Å²) in [4.78, 5) is 15.2. The molecular weight excluding hydrogens is 283 g/mol. The van der Waals surface area contributed by atoms with Crippen LogP contribution in [0.15, 0.2) is 12.3 Å². The standard InChI is InChI=1S/C15H20F3NO2/c1-3-6-11-9-12(15(16,17)18)10-19-13(11)7-5-8-14(20)21-4-2/h9-10H,3-8H2,1-2H3. The molecule has 0 radical (unpaired) electrons. The third kappa shape index (κ3) is 5.73. The minimum Gasteiger partial charge on any atom is -0.466 e. The number of esters is 1. The first-order valence-corrected chi connectivity index (χ1v) is 7.09. The molecule has 0 N–H and O–H groups in total. The van der Waals surface area contributed by atoms with Gasteiger partial charge in [-0.15, -0.1) is 0 Å². The summed E-state index contributed by atoms with van der Waals surface area (Å²) < 4.78 is 42.9. The fourth-order valence-corrected chi connectivity index (χ4v) is 2.04. The Morgan fingerprint density at radius 1 is 1.29 bits per heavy atom. The molecule has 0 saturated heterocycles. The van der Waals surface area contributed by atoms with Gasteiger partial charge in [-0.2, -0.15) is 13.2 Å². The van der Waals surface area contributed by atoms with E-state index in [9.17, 15) is 18.0 Å². The van der Waals surface area contributed by atoms with Crippen LogP contribution in [0.3, 0.4) is 0 Å². The Labute approximate surface area is 122 Å². The lowest BCUT2D eigenvalue weighted by atomic mass is 10.0. The molecule has 1 heterocycles. The summed E-state index contributed by atoms with van der Waals surface area (Å²) in [5, 5.41) is 0. The van der Waals surface area contributed by atoms with Gasteiger partial charge in [-0.3, -0.25) is 9.78 Å². The van der Waals surface area contributed by atoms with Crippen molar-refractivity contribution in [3.63, 3.8) is 0 Å². The first-order valence-electron chi connectivity index (χ1n) is 7.09. The largest absolute Gasteiger partial charge is 0.466 e. The zero-order chi connectivity index (χ0) is 15.9. The number of aryl methyl sites for hydroxylation is 2. The highest BCUT2D eigenvalue weighted by Crippen LogP contribution is 2.30. The molecule has 1 rings (SSSR count). The van der Waals surface area contributed by atoms with Crippen LogP contribution in [0.4, 0.5) is 13.2 Å². The molecular formula is C15H20F3NO2. The summed E-state index contributed by atoms with van der Waals surface area (Å²) in [7, 11) is 0. The van der Waals surface area contributed by atoms with E-state index in [4.69, 9.17) is 4.74 Å². The van der Waals surface area contributed by atoms with Gasteiger partial charge in [-0.1, -0.05) is 13.3 Å². The van der Waals surface area contributed by atoms with Crippen molar-refractivity contribution in [2.24, 2.45) is 0 Å².